The van der Waals surface area contributed by atoms with E-state index in [0.29, 0.717) is 0 Å². The summed E-state index contributed by atoms with van der Waals surface area (Å²) in [5.41, 5.74) is 6.02. The Hall–Kier alpha value is -0.885. The molecule has 1 heteroatoms. The summed E-state index contributed by atoms with van der Waals surface area (Å²) >= 11 is 0.774. The molecule has 2 aromatic carbocycles. The van der Waals surface area contributed by atoms with Crippen LogP contribution in [-0.4, -0.2) is 0 Å². The fraction of sp³-hybridized carbons (Fsp3) is 0.533. The molecule has 2 aromatic rings. The SMILES string of the molecule is C=C(C)CCCCCCC1C(C)CCC1c1ccc([CH]([Hg])CCc2ccccc2)cc1. The zero-order valence-electron chi connectivity index (χ0n) is 20.0. The minimum atomic E-state index is 0.774. The van der Waals surface area contributed by atoms with Gasteiger partial charge in [0.05, 0.1) is 0 Å². The molecular formula is C30H41Hg. The first kappa shape index (κ1) is 24.8. The van der Waals surface area contributed by atoms with Crippen molar-refractivity contribution < 1.29 is 26.1 Å². The average molecular weight is 602 g/mol. The third-order valence-corrected chi connectivity index (χ3v) is 11.0. The summed E-state index contributed by atoms with van der Waals surface area (Å²) in [6.45, 7) is 8.69. The number of hydrogen-bond acceptors (Lipinski definition) is 0. The van der Waals surface area contributed by atoms with Gasteiger partial charge in [0, 0.05) is 0 Å². The van der Waals surface area contributed by atoms with Crippen LogP contribution in [-0.2, 0) is 32.5 Å². The number of benzene rings is 2. The van der Waals surface area contributed by atoms with Crippen LogP contribution in [0.25, 0.3) is 0 Å². The predicted molar refractivity (Wildman–Crippen MR) is 131 cm³/mol. The van der Waals surface area contributed by atoms with Crippen LogP contribution in [0.1, 0.15) is 97.7 Å². The number of unbranched alkanes of at least 4 members (excludes halogenated alkanes) is 3. The Morgan fingerprint density at radius 1 is 0.968 bits per heavy atom. The third-order valence-electron chi connectivity index (χ3n) is 7.53. The first-order chi connectivity index (χ1) is 15.0. The summed E-state index contributed by atoms with van der Waals surface area (Å²) < 4.78 is 0.812. The number of allylic oxidation sites excluding steroid dienone is 1. The molecule has 0 N–H and O–H groups in total. The van der Waals surface area contributed by atoms with Crippen molar-refractivity contribution in [3.05, 3.63) is 83.4 Å². The van der Waals surface area contributed by atoms with Crippen LogP contribution in [0.4, 0.5) is 0 Å². The maximum atomic E-state index is 4.03. The Kier molecular flexibility index (Phi) is 10.4. The molecule has 1 fully saturated rings. The van der Waals surface area contributed by atoms with Gasteiger partial charge < -0.3 is 0 Å². The van der Waals surface area contributed by atoms with Gasteiger partial charge in [0.2, 0.25) is 0 Å². The van der Waals surface area contributed by atoms with Gasteiger partial charge in [0.1, 0.15) is 0 Å². The fourth-order valence-electron chi connectivity index (χ4n) is 5.49. The van der Waals surface area contributed by atoms with Crippen molar-refractivity contribution >= 4 is 0 Å². The van der Waals surface area contributed by atoms with E-state index in [1.807, 2.05) is 0 Å². The molecule has 0 aliphatic heterocycles. The van der Waals surface area contributed by atoms with E-state index in [2.05, 4.69) is 75.0 Å². The molecule has 0 radical (unpaired) electrons. The van der Waals surface area contributed by atoms with E-state index in [1.165, 1.54) is 75.3 Å². The van der Waals surface area contributed by atoms with Gasteiger partial charge in [0.25, 0.3) is 0 Å². The van der Waals surface area contributed by atoms with E-state index in [-0.39, 0.29) is 0 Å². The van der Waals surface area contributed by atoms with Gasteiger partial charge in [-0.1, -0.05) is 5.57 Å². The second kappa shape index (κ2) is 13.0. The van der Waals surface area contributed by atoms with E-state index in [0.717, 1.165) is 47.3 Å². The third kappa shape index (κ3) is 7.88. The van der Waals surface area contributed by atoms with Crippen LogP contribution in [0.15, 0.2) is 66.7 Å². The van der Waals surface area contributed by atoms with Crippen molar-refractivity contribution in [2.75, 3.05) is 0 Å². The molecule has 31 heavy (non-hydrogen) atoms. The van der Waals surface area contributed by atoms with E-state index < -0.39 is 0 Å². The molecule has 0 heterocycles. The molecule has 1 saturated carbocycles. The molecule has 0 saturated heterocycles. The maximum absolute atomic E-state index is 4.03. The van der Waals surface area contributed by atoms with Gasteiger partial charge in [-0.05, 0) is 13.3 Å². The van der Waals surface area contributed by atoms with Crippen molar-refractivity contribution in [3.63, 3.8) is 0 Å². The van der Waals surface area contributed by atoms with Crippen molar-refractivity contribution in [1.82, 2.24) is 0 Å². The summed E-state index contributed by atoms with van der Waals surface area (Å²) in [5.74, 6) is 2.57. The predicted octanol–water partition coefficient (Wildman–Crippen LogP) is 8.95. The molecular weight excluding hydrogens is 561 g/mol. The van der Waals surface area contributed by atoms with Crippen LogP contribution in [0, 0.1) is 11.8 Å². The zero-order chi connectivity index (χ0) is 22.1. The number of hydrogen-bond donors (Lipinski definition) is 0. The molecule has 0 amide bonds. The zero-order valence-corrected chi connectivity index (χ0v) is 25.5. The van der Waals surface area contributed by atoms with Gasteiger partial charge >= 0.3 is 183 Å². The molecule has 3 rings (SSSR count). The second-order valence-corrected chi connectivity index (χ2v) is 14.0. The van der Waals surface area contributed by atoms with Crippen molar-refractivity contribution in [1.29, 1.82) is 0 Å². The van der Waals surface area contributed by atoms with Crippen molar-refractivity contribution in [3.8, 4) is 0 Å². The van der Waals surface area contributed by atoms with E-state index in [9.17, 15) is 0 Å². The van der Waals surface area contributed by atoms with Gasteiger partial charge in [0.15, 0.2) is 0 Å². The second-order valence-electron chi connectivity index (χ2n) is 10.1. The molecule has 1 aliphatic carbocycles. The van der Waals surface area contributed by atoms with Gasteiger partial charge in [-0.15, -0.1) is 6.58 Å². The molecule has 0 nitrogen and oxygen atoms in total. The van der Waals surface area contributed by atoms with E-state index in [1.54, 1.807) is 11.1 Å². The van der Waals surface area contributed by atoms with Crippen molar-refractivity contribution in [2.24, 2.45) is 11.8 Å². The van der Waals surface area contributed by atoms with Gasteiger partial charge in [-0.3, -0.25) is 0 Å². The Bertz CT molecular complexity index is 776. The standard InChI is InChI=1S/C30H41.Hg/c1-24(2)12-7-4-5-10-17-29-25(3)18-23-30(29)28-21-19-27(20-22-28)16-11-15-26-13-8-6-9-14-26;/h6,8-9,13-14,16,19-22,25,29-30H,1,4-5,7,10-12,15,17-18,23H2,2-3H3;. The number of rotatable bonds is 12. The Morgan fingerprint density at radius 3 is 2.39 bits per heavy atom. The Labute approximate surface area is 207 Å². The van der Waals surface area contributed by atoms with E-state index >= 15 is 0 Å². The Morgan fingerprint density at radius 2 is 1.68 bits per heavy atom. The molecule has 4 atom stereocenters. The Balaban J connectivity index is 1.49. The van der Waals surface area contributed by atoms with Crippen LogP contribution < -0.4 is 0 Å². The van der Waals surface area contributed by atoms with Crippen LogP contribution in [0.5, 0.6) is 0 Å². The molecule has 1 aliphatic rings. The monoisotopic (exact) mass is 603 g/mol. The van der Waals surface area contributed by atoms with Gasteiger partial charge in [-0.25, -0.2) is 0 Å². The average Bonchev–Trinajstić information content (AvgIpc) is 3.15. The van der Waals surface area contributed by atoms with E-state index in [4.69, 9.17) is 0 Å². The molecule has 0 spiro atoms. The first-order valence-corrected chi connectivity index (χ1v) is 15.8. The molecule has 0 aromatic heterocycles. The summed E-state index contributed by atoms with van der Waals surface area (Å²) in [5, 5.41) is 0. The molecule has 163 valence electrons. The summed E-state index contributed by atoms with van der Waals surface area (Å²) in [7, 11) is 0. The first-order valence-electron chi connectivity index (χ1n) is 12.7. The number of aryl methyl sites for hydroxylation is 1. The normalized spacial score (nSPS) is 21.9. The van der Waals surface area contributed by atoms with Gasteiger partial charge in [-0.2, -0.15) is 0 Å². The summed E-state index contributed by atoms with van der Waals surface area (Å²) in [6.07, 6.45) is 13.5. The molecule has 0 bridgehead atoms. The molecule has 4 unspecified atom stereocenters. The van der Waals surface area contributed by atoms with Crippen LogP contribution in [0.2, 0.25) is 0 Å². The van der Waals surface area contributed by atoms with Crippen molar-refractivity contribution in [2.45, 2.75) is 87.4 Å². The topological polar surface area (TPSA) is 0 Å². The summed E-state index contributed by atoms with van der Waals surface area (Å²) in [6, 6.07) is 20.9. The quantitative estimate of drug-likeness (QED) is 0.129. The van der Waals surface area contributed by atoms with Crippen LogP contribution >= 0.6 is 0 Å². The van der Waals surface area contributed by atoms with Crippen LogP contribution in [0.3, 0.4) is 0 Å². The summed E-state index contributed by atoms with van der Waals surface area (Å²) in [4.78, 5) is 0. The minimum absolute atomic E-state index is 0.774. The fourth-order valence-corrected chi connectivity index (χ4v) is 7.35.